The number of aromatic hydroxyl groups is 1. The fourth-order valence-corrected chi connectivity index (χ4v) is 2.85. The zero-order valence-corrected chi connectivity index (χ0v) is 9.14. The number of rotatable bonds is 3. The fraction of sp³-hybridized carbons (Fsp3) is 0.111. The van der Waals surface area contributed by atoms with Gasteiger partial charge in [0.05, 0.1) is 16.0 Å². The number of benzene rings is 1. The highest BCUT2D eigenvalue weighted by Gasteiger charge is 2.06. The summed E-state index contributed by atoms with van der Waals surface area (Å²) in [5.41, 5.74) is 0.702. The molecule has 2 rings (SSSR count). The van der Waals surface area contributed by atoms with Gasteiger partial charge in [0.25, 0.3) is 0 Å². The van der Waals surface area contributed by atoms with Crippen molar-refractivity contribution in [3.8, 4) is 5.75 Å². The maximum Gasteiger partial charge on any atom is 0.313 e. The lowest BCUT2D eigenvalue weighted by Crippen LogP contribution is -1.96. The van der Waals surface area contributed by atoms with Crippen molar-refractivity contribution in [3.05, 3.63) is 18.2 Å². The van der Waals surface area contributed by atoms with Crippen LogP contribution < -0.4 is 0 Å². The van der Waals surface area contributed by atoms with E-state index in [0.717, 1.165) is 4.70 Å². The van der Waals surface area contributed by atoms with Crippen LogP contribution in [0.15, 0.2) is 22.5 Å². The Bertz CT molecular complexity index is 509. The first-order valence-corrected chi connectivity index (χ1v) is 5.89. The van der Waals surface area contributed by atoms with Crippen LogP contribution >= 0.6 is 23.1 Å². The summed E-state index contributed by atoms with van der Waals surface area (Å²) in [6.07, 6.45) is 0. The minimum atomic E-state index is -0.859. The van der Waals surface area contributed by atoms with E-state index in [2.05, 4.69) is 4.98 Å². The van der Waals surface area contributed by atoms with Gasteiger partial charge < -0.3 is 10.2 Å². The van der Waals surface area contributed by atoms with Crippen molar-refractivity contribution >= 4 is 39.3 Å². The number of carbonyl (C=O) groups is 1. The molecule has 0 aliphatic heterocycles. The minimum Gasteiger partial charge on any atom is -0.508 e. The van der Waals surface area contributed by atoms with Crippen LogP contribution in [0.3, 0.4) is 0 Å². The Morgan fingerprint density at radius 1 is 1.53 bits per heavy atom. The van der Waals surface area contributed by atoms with Gasteiger partial charge in [-0.1, -0.05) is 11.8 Å². The van der Waals surface area contributed by atoms with Crippen molar-refractivity contribution < 1.29 is 15.0 Å². The number of aromatic nitrogens is 1. The average Bonchev–Trinajstić information content (AvgIpc) is 2.56. The van der Waals surface area contributed by atoms with E-state index in [9.17, 15) is 9.90 Å². The van der Waals surface area contributed by atoms with Gasteiger partial charge in [0.1, 0.15) is 5.75 Å². The SMILES string of the molecule is O=C(O)CSc1nc2cc(O)ccc2s1. The second kappa shape index (κ2) is 4.08. The molecular formula is C9H7NO3S2. The molecule has 0 saturated carbocycles. The number of nitrogens with zero attached hydrogens (tertiary/aromatic N) is 1. The highest BCUT2D eigenvalue weighted by molar-refractivity contribution is 8.01. The van der Waals surface area contributed by atoms with Gasteiger partial charge in [-0.15, -0.1) is 11.3 Å². The molecule has 4 nitrogen and oxygen atoms in total. The topological polar surface area (TPSA) is 70.4 Å². The molecule has 0 unspecified atom stereocenters. The van der Waals surface area contributed by atoms with Crippen LogP contribution in [-0.2, 0) is 4.79 Å². The summed E-state index contributed by atoms with van der Waals surface area (Å²) in [7, 11) is 0. The predicted octanol–water partition coefficient (Wildman–Crippen LogP) is 2.18. The second-order valence-corrected chi connectivity index (χ2v) is 5.07. The van der Waals surface area contributed by atoms with Crippen molar-refractivity contribution in [2.24, 2.45) is 0 Å². The van der Waals surface area contributed by atoms with Gasteiger partial charge in [0.2, 0.25) is 0 Å². The third-order valence-electron chi connectivity index (χ3n) is 1.67. The first kappa shape index (κ1) is 10.3. The zero-order valence-electron chi connectivity index (χ0n) is 7.51. The normalized spacial score (nSPS) is 10.7. The first-order chi connectivity index (χ1) is 7.15. The quantitative estimate of drug-likeness (QED) is 0.806. The van der Waals surface area contributed by atoms with Crippen molar-refractivity contribution in [1.82, 2.24) is 4.98 Å². The Morgan fingerprint density at radius 3 is 3.07 bits per heavy atom. The number of thiazole rings is 1. The van der Waals surface area contributed by atoms with E-state index in [0.29, 0.717) is 9.86 Å². The maximum atomic E-state index is 10.4. The van der Waals surface area contributed by atoms with Crippen LogP contribution in [0.4, 0.5) is 0 Å². The number of aliphatic carboxylic acids is 1. The number of carboxylic acids is 1. The summed E-state index contributed by atoms with van der Waals surface area (Å²) in [4.78, 5) is 14.6. The van der Waals surface area contributed by atoms with Gasteiger partial charge >= 0.3 is 5.97 Å². The third-order valence-corrected chi connectivity index (χ3v) is 3.83. The number of phenols is 1. The lowest BCUT2D eigenvalue weighted by molar-refractivity contribution is -0.133. The lowest BCUT2D eigenvalue weighted by Gasteiger charge is -1.88. The monoisotopic (exact) mass is 241 g/mol. The molecule has 1 heterocycles. The maximum absolute atomic E-state index is 10.4. The lowest BCUT2D eigenvalue weighted by atomic mass is 10.3. The Morgan fingerprint density at radius 2 is 2.33 bits per heavy atom. The van der Waals surface area contributed by atoms with E-state index in [1.807, 2.05) is 0 Å². The molecule has 0 bridgehead atoms. The van der Waals surface area contributed by atoms with Gasteiger partial charge in [0.15, 0.2) is 4.34 Å². The molecule has 2 N–H and O–H groups in total. The van der Waals surface area contributed by atoms with Crippen LogP contribution in [0.25, 0.3) is 10.2 Å². The number of carboxylic acid groups (broad SMARTS) is 1. The molecule has 0 saturated heterocycles. The Labute approximate surface area is 93.6 Å². The van der Waals surface area contributed by atoms with Crippen LogP contribution in [0.5, 0.6) is 5.75 Å². The van der Waals surface area contributed by atoms with E-state index in [-0.39, 0.29) is 11.5 Å². The predicted molar refractivity (Wildman–Crippen MR) is 59.6 cm³/mol. The summed E-state index contributed by atoms with van der Waals surface area (Å²) < 4.78 is 1.65. The van der Waals surface area contributed by atoms with E-state index in [4.69, 9.17) is 5.11 Å². The molecule has 6 heteroatoms. The molecule has 0 fully saturated rings. The van der Waals surface area contributed by atoms with E-state index in [1.54, 1.807) is 18.2 Å². The van der Waals surface area contributed by atoms with Crippen LogP contribution in [0.2, 0.25) is 0 Å². The van der Waals surface area contributed by atoms with Gasteiger partial charge in [-0.3, -0.25) is 4.79 Å². The van der Waals surface area contributed by atoms with Crippen molar-refractivity contribution in [3.63, 3.8) is 0 Å². The van der Waals surface area contributed by atoms with Crippen molar-refractivity contribution in [1.29, 1.82) is 0 Å². The summed E-state index contributed by atoms with van der Waals surface area (Å²) in [6, 6.07) is 4.93. The van der Waals surface area contributed by atoms with Gasteiger partial charge in [0, 0.05) is 6.07 Å². The van der Waals surface area contributed by atoms with Crippen LogP contribution in [0.1, 0.15) is 0 Å². The molecule has 0 spiro atoms. The van der Waals surface area contributed by atoms with E-state index in [1.165, 1.54) is 23.1 Å². The van der Waals surface area contributed by atoms with E-state index < -0.39 is 5.97 Å². The molecular weight excluding hydrogens is 234 g/mol. The first-order valence-electron chi connectivity index (χ1n) is 4.09. The third kappa shape index (κ3) is 2.40. The largest absolute Gasteiger partial charge is 0.508 e. The number of hydrogen-bond acceptors (Lipinski definition) is 5. The molecule has 0 aliphatic rings. The number of hydrogen-bond donors (Lipinski definition) is 2. The number of phenolic OH excluding ortho intramolecular Hbond substituents is 1. The molecule has 0 atom stereocenters. The minimum absolute atomic E-state index is 0.00576. The van der Waals surface area contributed by atoms with E-state index >= 15 is 0 Å². The summed E-state index contributed by atoms with van der Waals surface area (Å²) in [6.45, 7) is 0. The molecule has 1 aromatic heterocycles. The summed E-state index contributed by atoms with van der Waals surface area (Å²) in [5, 5.41) is 17.7. The smallest absolute Gasteiger partial charge is 0.313 e. The standard InChI is InChI=1S/C9H7NO3S2/c11-5-1-2-7-6(3-5)10-9(15-7)14-4-8(12)13/h1-3,11H,4H2,(H,12,13). The van der Waals surface area contributed by atoms with Gasteiger partial charge in [-0.05, 0) is 12.1 Å². The molecule has 0 radical (unpaired) electrons. The van der Waals surface area contributed by atoms with Gasteiger partial charge in [-0.2, -0.15) is 0 Å². The highest BCUT2D eigenvalue weighted by atomic mass is 32.2. The summed E-state index contributed by atoms with van der Waals surface area (Å²) >= 11 is 2.61. The molecule has 2 aromatic rings. The van der Waals surface area contributed by atoms with Gasteiger partial charge in [-0.25, -0.2) is 4.98 Å². The van der Waals surface area contributed by atoms with Crippen molar-refractivity contribution in [2.75, 3.05) is 5.75 Å². The average molecular weight is 241 g/mol. The molecule has 0 aliphatic carbocycles. The Balaban J connectivity index is 2.27. The summed E-state index contributed by atoms with van der Waals surface area (Å²) in [5.74, 6) is -0.684. The Hall–Kier alpha value is -1.27. The molecule has 15 heavy (non-hydrogen) atoms. The second-order valence-electron chi connectivity index (χ2n) is 2.81. The molecule has 78 valence electrons. The zero-order chi connectivity index (χ0) is 10.8. The number of fused-ring (bicyclic) bond motifs is 1. The number of thioether (sulfide) groups is 1. The molecule has 0 amide bonds. The van der Waals surface area contributed by atoms with Crippen LogP contribution in [-0.4, -0.2) is 26.9 Å². The fourth-order valence-electron chi connectivity index (χ4n) is 1.08. The highest BCUT2D eigenvalue weighted by Crippen LogP contribution is 2.30. The molecule has 1 aromatic carbocycles. The Kier molecular flexibility index (Phi) is 2.79. The van der Waals surface area contributed by atoms with Crippen LogP contribution in [0, 0.1) is 0 Å². The van der Waals surface area contributed by atoms with Crippen molar-refractivity contribution in [2.45, 2.75) is 4.34 Å².